The maximum atomic E-state index is 8.99. The van der Waals surface area contributed by atoms with Crippen LogP contribution in [0.25, 0.3) is 0 Å². The Morgan fingerprint density at radius 2 is 2.21 bits per heavy atom. The molecule has 14 heavy (non-hydrogen) atoms. The number of nitrogens with two attached hydrogens (primary N) is 1. The van der Waals surface area contributed by atoms with Crippen LogP contribution in [0.1, 0.15) is 12.6 Å². The quantitative estimate of drug-likeness (QED) is 0.721. The number of nitrogens with zero attached hydrogens (tertiary/aromatic N) is 3. The van der Waals surface area contributed by atoms with E-state index in [2.05, 4.69) is 9.97 Å². The van der Waals surface area contributed by atoms with Crippen molar-refractivity contribution in [2.45, 2.75) is 19.9 Å². The third kappa shape index (κ3) is 2.32. The van der Waals surface area contributed by atoms with Crippen molar-refractivity contribution in [3.63, 3.8) is 0 Å². The predicted octanol–water partition coefficient (Wildman–Crippen LogP) is 0.184. The van der Waals surface area contributed by atoms with Crippen molar-refractivity contribution in [2.24, 2.45) is 0 Å². The van der Waals surface area contributed by atoms with E-state index in [1.165, 1.54) is 0 Å². The molecule has 0 saturated carbocycles. The fourth-order valence-corrected chi connectivity index (χ4v) is 1.10. The normalized spacial score (nSPS) is 12.6. The molecule has 0 saturated heterocycles. The molecule has 1 aromatic rings. The first-order valence-corrected chi connectivity index (χ1v) is 4.49. The summed E-state index contributed by atoms with van der Waals surface area (Å²) in [7, 11) is 1.86. The fraction of sp³-hybridized carbons (Fsp3) is 0.556. The van der Waals surface area contributed by atoms with Crippen LogP contribution < -0.4 is 10.6 Å². The van der Waals surface area contributed by atoms with Gasteiger partial charge in [0.2, 0.25) is 5.95 Å². The van der Waals surface area contributed by atoms with Crippen LogP contribution in [0.3, 0.4) is 0 Å². The molecule has 0 aliphatic carbocycles. The van der Waals surface area contributed by atoms with Gasteiger partial charge in [-0.2, -0.15) is 4.98 Å². The summed E-state index contributed by atoms with van der Waals surface area (Å²) in [6, 6.07) is 1.85. The van der Waals surface area contributed by atoms with E-state index in [9.17, 15) is 0 Å². The molecule has 0 radical (unpaired) electrons. The molecular formula is C9H16N4O. The second kappa shape index (κ2) is 4.23. The van der Waals surface area contributed by atoms with E-state index in [-0.39, 0.29) is 18.6 Å². The van der Waals surface area contributed by atoms with E-state index in [1.54, 1.807) is 0 Å². The molecule has 1 aromatic heterocycles. The van der Waals surface area contributed by atoms with Crippen molar-refractivity contribution in [1.82, 2.24) is 9.97 Å². The number of hydrogen-bond donors (Lipinski definition) is 2. The Morgan fingerprint density at radius 1 is 1.57 bits per heavy atom. The molecule has 78 valence electrons. The van der Waals surface area contributed by atoms with E-state index >= 15 is 0 Å². The maximum absolute atomic E-state index is 8.99. The Labute approximate surface area is 83.6 Å². The van der Waals surface area contributed by atoms with Crippen molar-refractivity contribution >= 4 is 11.8 Å². The molecule has 3 N–H and O–H groups in total. The number of aryl methyl sites for hydroxylation is 1. The predicted molar refractivity (Wildman–Crippen MR) is 56.1 cm³/mol. The summed E-state index contributed by atoms with van der Waals surface area (Å²) in [5.41, 5.74) is 6.35. The molecule has 1 rings (SSSR count). The Hall–Kier alpha value is -1.36. The van der Waals surface area contributed by atoms with Crippen LogP contribution in [0.2, 0.25) is 0 Å². The molecular weight excluding hydrogens is 180 g/mol. The summed E-state index contributed by atoms with van der Waals surface area (Å²) < 4.78 is 0. The van der Waals surface area contributed by atoms with Crippen molar-refractivity contribution in [3.05, 3.63) is 11.8 Å². The third-order valence-electron chi connectivity index (χ3n) is 2.14. The van der Waals surface area contributed by atoms with Gasteiger partial charge in [-0.05, 0) is 13.8 Å². The second-order valence-electron chi connectivity index (χ2n) is 3.37. The average Bonchev–Trinajstić information content (AvgIpc) is 2.14. The summed E-state index contributed by atoms with van der Waals surface area (Å²) in [6.07, 6.45) is 0. The minimum Gasteiger partial charge on any atom is -0.394 e. The topological polar surface area (TPSA) is 75.3 Å². The van der Waals surface area contributed by atoms with Gasteiger partial charge < -0.3 is 15.7 Å². The van der Waals surface area contributed by atoms with Crippen LogP contribution in [-0.4, -0.2) is 34.8 Å². The zero-order chi connectivity index (χ0) is 10.7. The van der Waals surface area contributed by atoms with Crippen molar-refractivity contribution in [1.29, 1.82) is 0 Å². The smallest absolute Gasteiger partial charge is 0.222 e. The summed E-state index contributed by atoms with van der Waals surface area (Å²) in [5.74, 6) is 0.994. The number of nitrogen functional groups attached to an aromatic ring is 1. The Kier molecular flexibility index (Phi) is 3.24. The first kappa shape index (κ1) is 10.7. The number of aliphatic hydroxyl groups excluding tert-OH is 1. The number of aliphatic hydroxyl groups is 1. The minimum atomic E-state index is 0.0173. The number of hydrogen-bond acceptors (Lipinski definition) is 5. The largest absolute Gasteiger partial charge is 0.394 e. The minimum absolute atomic E-state index is 0.0173. The van der Waals surface area contributed by atoms with E-state index in [0.717, 1.165) is 11.5 Å². The SMILES string of the molecule is Cc1cc(N(C)[C@@H](C)CO)nc(N)n1. The lowest BCUT2D eigenvalue weighted by atomic mass is 10.3. The van der Waals surface area contributed by atoms with Crippen LogP contribution in [0.15, 0.2) is 6.07 Å². The van der Waals surface area contributed by atoms with Crippen molar-refractivity contribution in [3.8, 4) is 0 Å². The highest BCUT2D eigenvalue weighted by atomic mass is 16.3. The average molecular weight is 196 g/mol. The lowest BCUT2D eigenvalue weighted by molar-refractivity contribution is 0.270. The molecule has 0 spiro atoms. The lowest BCUT2D eigenvalue weighted by Crippen LogP contribution is -2.32. The molecule has 0 unspecified atom stereocenters. The zero-order valence-corrected chi connectivity index (χ0v) is 8.73. The third-order valence-corrected chi connectivity index (χ3v) is 2.14. The first-order valence-electron chi connectivity index (χ1n) is 4.49. The number of aromatic nitrogens is 2. The van der Waals surface area contributed by atoms with Gasteiger partial charge in [-0.1, -0.05) is 0 Å². The van der Waals surface area contributed by atoms with Gasteiger partial charge in [0.25, 0.3) is 0 Å². The standard InChI is InChI=1S/C9H16N4O/c1-6-4-8(12-9(10)11-6)13(3)7(2)5-14/h4,7,14H,5H2,1-3H3,(H2,10,11,12)/t7-/m0/s1. The molecule has 0 fully saturated rings. The van der Waals surface area contributed by atoms with Crippen LogP contribution in [0.4, 0.5) is 11.8 Å². The molecule has 0 bridgehead atoms. The summed E-state index contributed by atoms with van der Waals surface area (Å²) >= 11 is 0. The molecule has 0 aliphatic rings. The van der Waals surface area contributed by atoms with Crippen molar-refractivity contribution in [2.75, 3.05) is 24.3 Å². The number of rotatable bonds is 3. The fourth-order valence-electron chi connectivity index (χ4n) is 1.10. The highest BCUT2D eigenvalue weighted by Gasteiger charge is 2.10. The Bertz CT molecular complexity index is 295. The second-order valence-corrected chi connectivity index (χ2v) is 3.37. The molecule has 1 atom stereocenters. The molecule has 5 nitrogen and oxygen atoms in total. The van der Waals surface area contributed by atoms with Gasteiger partial charge in [-0.3, -0.25) is 0 Å². The number of anilines is 2. The van der Waals surface area contributed by atoms with Crippen LogP contribution in [-0.2, 0) is 0 Å². The first-order chi connectivity index (χ1) is 6.54. The van der Waals surface area contributed by atoms with Gasteiger partial charge in [-0.15, -0.1) is 0 Å². The highest BCUT2D eigenvalue weighted by molar-refractivity contribution is 5.43. The van der Waals surface area contributed by atoms with Gasteiger partial charge in [0, 0.05) is 18.8 Å². The lowest BCUT2D eigenvalue weighted by Gasteiger charge is -2.24. The van der Waals surface area contributed by atoms with E-state index < -0.39 is 0 Å². The van der Waals surface area contributed by atoms with Gasteiger partial charge in [0.05, 0.1) is 12.6 Å². The molecule has 0 aliphatic heterocycles. The van der Waals surface area contributed by atoms with E-state index in [1.807, 2.05) is 31.9 Å². The molecule has 1 heterocycles. The van der Waals surface area contributed by atoms with Gasteiger partial charge in [0.1, 0.15) is 5.82 Å². The molecule has 5 heteroatoms. The van der Waals surface area contributed by atoms with E-state index in [0.29, 0.717) is 0 Å². The monoisotopic (exact) mass is 196 g/mol. The van der Waals surface area contributed by atoms with Crippen LogP contribution in [0.5, 0.6) is 0 Å². The van der Waals surface area contributed by atoms with E-state index in [4.69, 9.17) is 10.8 Å². The summed E-state index contributed by atoms with van der Waals surface area (Å²) in [5, 5.41) is 8.99. The van der Waals surface area contributed by atoms with Gasteiger partial charge in [0.15, 0.2) is 0 Å². The molecule has 0 amide bonds. The van der Waals surface area contributed by atoms with Crippen molar-refractivity contribution < 1.29 is 5.11 Å². The Morgan fingerprint density at radius 3 is 2.71 bits per heavy atom. The zero-order valence-electron chi connectivity index (χ0n) is 8.73. The summed E-state index contributed by atoms with van der Waals surface area (Å²) in [6.45, 7) is 3.85. The summed E-state index contributed by atoms with van der Waals surface area (Å²) in [4.78, 5) is 9.93. The highest BCUT2D eigenvalue weighted by Crippen LogP contribution is 2.13. The Balaban J connectivity index is 2.94. The molecule has 0 aromatic carbocycles. The maximum Gasteiger partial charge on any atom is 0.222 e. The van der Waals surface area contributed by atoms with Crippen LogP contribution >= 0.6 is 0 Å². The number of likely N-dealkylation sites (N-methyl/N-ethyl adjacent to an activating group) is 1. The van der Waals surface area contributed by atoms with Gasteiger partial charge in [-0.25, -0.2) is 4.98 Å². The van der Waals surface area contributed by atoms with Crippen LogP contribution in [0, 0.1) is 6.92 Å². The van der Waals surface area contributed by atoms with Gasteiger partial charge >= 0.3 is 0 Å².